The lowest BCUT2D eigenvalue weighted by molar-refractivity contribution is 0.0961. The van der Waals surface area contributed by atoms with Crippen molar-refractivity contribution < 1.29 is 18.1 Å². The number of nitrogens with zero attached hydrogens (tertiary/aromatic N) is 1. The number of aryl methyl sites for hydroxylation is 1. The summed E-state index contributed by atoms with van der Waals surface area (Å²) in [6, 6.07) is 9.53. The van der Waals surface area contributed by atoms with Crippen molar-refractivity contribution in [1.29, 1.82) is 0 Å². The Kier molecular flexibility index (Phi) is 4.67. The molecule has 0 bridgehead atoms. The molecule has 0 aliphatic rings. The summed E-state index contributed by atoms with van der Waals surface area (Å²) in [5.74, 6) is -1.42. The summed E-state index contributed by atoms with van der Waals surface area (Å²) in [5, 5.41) is 3.86. The van der Waals surface area contributed by atoms with Crippen molar-refractivity contribution in [3.8, 4) is 11.3 Å². The fourth-order valence-electron chi connectivity index (χ4n) is 2.26. The zero-order valence-electron chi connectivity index (χ0n) is 12.9. The van der Waals surface area contributed by atoms with Gasteiger partial charge in [0.05, 0.1) is 16.3 Å². The van der Waals surface area contributed by atoms with Crippen molar-refractivity contribution in [3.05, 3.63) is 70.4 Å². The van der Waals surface area contributed by atoms with Gasteiger partial charge in [0.1, 0.15) is 28.7 Å². The summed E-state index contributed by atoms with van der Waals surface area (Å²) in [5.41, 5.74) is 5.56. The first-order valence-corrected chi connectivity index (χ1v) is 7.57. The van der Waals surface area contributed by atoms with Gasteiger partial charge in [-0.1, -0.05) is 22.8 Å². The van der Waals surface area contributed by atoms with E-state index in [0.717, 1.165) is 0 Å². The molecule has 0 aliphatic carbocycles. The van der Waals surface area contributed by atoms with Crippen molar-refractivity contribution in [2.75, 3.05) is 5.43 Å². The Bertz CT molecular complexity index is 906. The number of rotatable bonds is 4. The number of benzene rings is 2. The van der Waals surface area contributed by atoms with Crippen LogP contribution in [0.4, 0.5) is 14.5 Å². The highest BCUT2D eigenvalue weighted by atomic mass is 35.5. The minimum atomic E-state index is -0.624. The molecule has 3 aromatic rings. The largest absolute Gasteiger partial charge is 0.360 e. The van der Waals surface area contributed by atoms with Crippen molar-refractivity contribution in [1.82, 2.24) is 10.6 Å². The van der Waals surface area contributed by atoms with E-state index in [1.54, 1.807) is 0 Å². The molecule has 3 rings (SSSR count). The second-order valence-electron chi connectivity index (χ2n) is 5.15. The van der Waals surface area contributed by atoms with Gasteiger partial charge in [0, 0.05) is 0 Å². The monoisotopic (exact) mass is 363 g/mol. The lowest BCUT2D eigenvalue weighted by Gasteiger charge is -2.09. The second-order valence-corrected chi connectivity index (χ2v) is 5.55. The molecule has 1 amide bonds. The van der Waals surface area contributed by atoms with Crippen LogP contribution < -0.4 is 10.9 Å². The van der Waals surface area contributed by atoms with E-state index in [9.17, 15) is 13.6 Å². The molecule has 1 aromatic heterocycles. The summed E-state index contributed by atoms with van der Waals surface area (Å²) in [6.45, 7) is 1.53. The summed E-state index contributed by atoms with van der Waals surface area (Å²) in [6.07, 6.45) is 0. The molecule has 5 nitrogen and oxygen atoms in total. The van der Waals surface area contributed by atoms with Crippen LogP contribution in [0.15, 0.2) is 47.0 Å². The zero-order chi connectivity index (χ0) is 18.0. The normalized spacial score (nSPS) is 10.6. The zero-order valence-corrected chi connectivity index (χ0v) is 13.7. The number of halogens is 3. The number of carbonyl (C=O) groups is 1. The number of hydrazine groups is 1. The maximum atomic E-state index is 14.1. The average molecular weight is 364 g/mol. The van der Waals surface area contributed by atoms with Gasteiger partial charge in [-0.15, -0.1) is 0 Å². The third kappa shape index (κ3) is 3.46. The van der Waals surface area contributed by atoms with Crippen LogP contribution in [0.25, 0.3) is 11.3 Å². The molecule has 2 aromatic carbocycles. The van der Waals surface area contributed by atoms with Gasteiger partial charge in [-0.2, -0.15) is 0 Å². The molecule has 0 fully saturated rings. The Labute approximate surface area is 146 Å². The molecule has 0 atom stereocenters. The highest BCUT2D eigenvalue weighted by Gasteiger charge is 2.25. The summed E-state index contributed by atoms with van der Waals surface area (Å²) < 4.78 is 32.1. The predicted octanol–water partition coefficient (Wildman–Crippen LogP) is 4.34. The van der Waals surface area contributed by atoms with Gasteiger partial charge in [0.25, 0.3) is 5.91 Å². The van der Waals surface area contributed by atoms with Crippen molar-refractivity contribution in [3.63, 3.8) is 0 Å². The van der Waals surface area contributed by atoms with E-state index in [1.807, 2.05) is 0 Å². The molecule has 0 saturated carbocycles. The van der Waals surface area contributed by atoms with Gasteiger partial charge in [0.15, 0.2) is 0 Å². The van der Waals surface area contributed by atoms with Crippen LogP contribution in [0.5, 0.6) is 0 Å². The van der Waals surface area contributed by atoms with Crippen LogP contribution in [-0.4, -0.2) is 11.1 Å². The fraction of sp³-hybridized carbons (Fsp3) is 0.0588. The van der Waals surface area contributed by atoms with Crippen LogP contribution in [0.3, 0.4) is 0 Å². The van der Waals surface area contributed by atoms with E-state index in [0.29, 0.717) is 5.69 Å². The highest BCUT2D eigenvalue weighted by molar-refractivity contribution is 6.33. The van der Waals surface area contributed by atoms with Crippen LogP contribution >= 0.6 is 11.6 Å². The molecule has 0 spiro atoms. The molecular formula is C17H12ClF2N3O2. The topological polar surface area (TPSA) is 67.2 Å². The maximum absolute atomic E-state index is 14.1. The van der Waals surface area contributed by atoms with Crippen molar-refractivity contribution >= 4 is 23.2 Å². The Balaban J connectivity index is 1.88. The quantitative estimate of drug-likeness (QED) is 0.677. The Hall–Kier alpha value is -2.93. The number of anilines is 1. The first kappa shape index (κ1) is 16.9. The van der Waals surface area contributed by atoms with Crippen molar-refractivity contribution in [2.24, 2.45) is 0 Å². The van der Waals surface area contributed by atoms with Crippen LogP contribution in [0.1, 0.15) is 16.1 Å². The average Bonchev–Trinajstić information content (AvgIpc) is 2.95. The minimum absolute atomic E-state index is 0.000920. The van der Waals surface area contributed by atoms with E-state index in [4.69, 9.17) is 16.1 Å². The van der Waals surface area contributed by atoms with Crippen molar-refractivity contribution in [2.45, 2.75) is 6.92 Å². The van der Waals surface area contributed by atoms with Gasteiger partial charge in [-0.25, -0.2) is 8.78 Å². The van der Waals surface area contributed by atoms with E-state index < -0.39 is 17.5 Å². The summed E-state index contributed by atoms with van der Waals surface area (Å²) in [4.78, 5) is 12.5. The number of nitrogens with one attached hydrogen (secondary N) is 2. The minimum Gasteiger partial charge on any atom is -0.360 e. The van der Waals surface area contributed by atoms with Crippen LogP contribution in [-0.2, 0) is 0 Å². The molecule has 8 heteroatoms. The number of amides is 1. The molecule has 0 aliphatic heterocycles. The third-order valence-corrected chi connectivity index (χ3v) is 3.77. The molecule has 2 N–H and O–H groups in total. The number of carbonyl (C=O) groups excluding carboxylic acids is 1. The number of hydrogen-bond donors (Lipinski definition) is 2. The molecule has 0 unspecified atom stereocenters. The Morgan fingerprint density at radius 3 is 2.56 bits per heavy atom. The van der Waals surface area contributed by atoms with E-state index >= 15 is 0 Å². The first-order valence-electron chi connectivity index (χ1n) is 7.20. The lowest BCUT2D eigenvalue weighted by atomic mass is 10.1. The van der Waals surface area contributed by atoms with E-state index in [-0.39, 0.29) is 27.6 Å². The number of aromatic nitrogens is 1. The molecule has 25 heavy (non-hydrogen) atoms. The maximum Gasteiger partial charge on any atom is 0.275 e. The summed E-state index contributed by atoms with van der Waals surface area (Å²) in [7, 11) is 0. The standard InChI is InChI=1S/C17H12ClF2N3O2/c1-9-14(17(24)22-21-11-7-5-10(19)6-8-11)16(23-25-9)15-12(18)3-2-4-13(15)20/h2-8,21H,1H3,(H,22,24). The van der Waals surface area contributed by atoms with E-state index in [2.05, 4.69) is 16.0 Å². The SMILES string of the molecule is Cc1onc(-c2c(F)cccc2Cl)c1C(=O)NNc1ccc(F)cc1. The van der Waals surface area contributed by atoms with Crippen LogP contribution in [0.2, 0.25) is 5.02 Å². The Morgan fingerprint density at radius 2 is 1.88 bits per heavy atom. The molecule has 128 valence electrons. The molecule has 0 saturated heterocycles. The predicted molar refractivity (Wildman–Crippen MR) is 89.1 cm³/mol. The molecule has 0 radical (unpaired) electrons. The van der Waals surface area contributed by atoms with Gasteiger partial charge < -0.3 is 4.52 Å². The fourth-order valence-corrected chi connectivity index (χ4v) is 2.51. The molecular weight excluding hydrogens is 352 g/mol. The third-order valence-electron chi connectivity index (χ3n) is 3.45. The second kappa shape index (κ2) is 6.90. The highest BCUT2D eigenvalue weighted by Crippen LogP contribution is 2.33. The summed E-state index contributed by atoms with van der Waals surface area (Å²) >= 11 is 6.03. The first-order chi connectivity index (χ1) is 12.0. The van der Waals surface area contributed by atoms with Gasteiger partial charge in [-0.3, -0.25) is 15.6 Å². The Morgan fingerprint density at radius 1 is 1.16 bits per heavy atom. The molecule has 1 heterocycles. The lowest BCUT2D eigenvalue weighted by Crippen LogP contribution is -2.30. The number of hydrogen-bond acceptors (Lipinski definition) is 4. The van der Waals surface area contributed by atoms with Crippen LogP contribution in [0, 0.1) is 18.6 Å². The smallest absolute Gasteiger partial charge is 0.275 e. The van der Waals surface area contributed by atoms with E-state index in [1.165, 1.54) is 49.4 Å². The van der Waals surface area contributed by atoms with Gasteiger partial charge >= 0.3 is 0 Å². The van der Waals surface area contributed by atoms with Gasteiger partial charge in [0.2, 0.25) is 0 Å². The van der Waals surface area contributed by atoms with Gasteiger partial charge in [-0.05, 0) is 43.3 Å².